The SMILES string of the molecule is CC(C)CNC(=O)[C@H](C)N(Cc1ccccc1F)C(=O)COc1ccc(Cl)cc1Cl. The van der Waals surface area contributed by atoms with Crippen LogP contribution in [0.3, 0.4) is 0 Å². The first-order valence-electron chi connectivity index (χ1n) is 9.57. The van der Waals surface area contributed by atoms with Crippen molar-refractivity contribution in [2.24, 2.45) is 5.92 Å². The van der Waals surface area contributed by atoms with E-state index < -0.39 is 17.8 Å². The number of carbonyl (C=O) groups excluding carboxylic acids is 2. The number of hydrogen-bond donors (Lipinski definition) is 1. The minimum Gasteiger partial charge on any atom is -0.482 e. The fraction of sp³-hybridized carbons (Fsp3) is 0.364. The molecule has 0 heterocycles. The highest BCUT2D eigenvalue weighted by molar-refractivity contribution is 6.35. The maximum absolute atomic E-state index is 14.2. The van der Waals surface area contributed by atoms with E-state index in [1.54, 1.807) is 37.3 Å². The first-order valence-corrected chi connectivity index (χ1v) is 10.3. The molecule has 5 nitrogen and oxygen atoms in total. The van der Waals surface area contributed by atoms with Crippen molar-refractivity contribution in [2.45, 2.75) is 33.4 Å². The highest BCUT2D eigenvalue weighted by Gasteiger charge is 2.27. The molecule has 0 saturated carbocycles. The topological polar surface area (TPSA) is 58.6 Å². The highest BCUT2D eigenvalue weighted by Crippen LogP contribution is 2.27. The highest BCUT2D eigenvalue weighted by atomic mass is 35.5. The number of rotatable bonds is 9. The summed E-state index contributed by atoms with van der Waals surface area (Å²) < 4.78 is 19.7. The molecule has 1 N–H and O–H groups in total. The Morgan fingerprint density at radius 2 is 1.83 bits per heavy atom. The summed E-state index contributed by atoms with van der Waals surface area (Å²) in [6.07, 6.45) is 0. The van der Waals surface area contributed by atoms with E-state index in [4.69, 9.17) is 27.9 Å². The van der Waals surface area contributed by atoms with Gasteiger partial charge in [-0.3, -0.25) is 9.59 Å². The quantitative estimate of drug-likeness (QED) is 0.597. The second-order valence-electron chi connectivity index (χ2n) is 7.29. The summed E-state index contributed by atoms with van der Waals surface area (Å²) in [4.78, 5) is 26.8. The molecule has 2 amide bonds. The molecular weight excluding hydrogens is 430 g/mol. The van der Waals surface area contributed by atoms with Crippen molar-refractivity contribution < 1.29 is 18.7 Å². The van der Waals surface area contributed by atoms with Gasteiger partial charge < -0.3 is 15.0 Å². The van der Waals surface area contributed by atoms with Crippen molar-refractivity contribution in [2.75, 3.05) is 13.2 Å². The molecule has 0 aliphatic heterocycles. The maximum atomic E-state index is 14.2. The van der Waals surface area contributed by atoms with Crippen LogP contribution in [-0.2, 0) is 16.1 Å². The Balaban J connectivity index is 2.17. The molecular formula is C22H25Cl2FN2O3. The molecule has 0 aliphatic rings. The van der Waals surface area contributed by atoms with E-state index in [1.165, 1.54) is 17.0 Å². The van der Waals surface area contributed by atoms with E-state index in [0.29, 0.717) is 17.1 Å². The molecule has 0 aliphatic carbocycles. The molecule has 1 atom stereocenters. The smallest absolute Gasteiger partial charge is 0.261 e. The Labute approximate surface area is 186 Å². The Morgan fingerprint density at radius 3 is 2.47 bits per heavy atom. The third kappa shape index (κ3) is 6.89. The third-order valence-corrected chi connectivity index (χ3v) is 4.93. The number of ether oxygens (including phenoxy) is 1. The van der Waals surface area contributed by atoms with Crippen LogP contribution in [0, 0.1) is 11.7 Å². The average Bonchev–Trinajstić information content (AvgIpc) is 2.70. The van der Waals surface area contributed by atoms with Gasteiger partial charge in [0.25, 0.3) is 5.91 Å². The molecule has 0 bridgehead atoms. The van der Waals surface area contributed by atoms with Crippen molar-refractivity contribution in [3.63, 3.8) is 0 Å². The Kier molecular flexibility index (Phi) is 8.93. The van der Waals surface area contributed by atoms with Crippen LogP contribution in [-0.4, -0.2) is 35.9 Å². The van der Waals surface area contributed by atoms with E-state index in [-0.39, 0.29) is 35.7 Å². The lowest BCUT2D eigenvalue weighted by Gasteiger charge is -2.29. The van der Waals surface area contributed by atoms with Crippen LogP contribution in [0.15, 0.2) is 42.5 Å². The van der Waals surface area contributed by atoms with Crippen molar-refractivity contribution in [1.29, 1.82) is 0 Å². The van der Waals surface area contributed by atoms with Gasteiger partial charge in [0.05, 0.1) is 5.02 Å². The van der Waals surface area contributed by atoms with Crippen LogP contribution in [0.2, 0.25) is 10.0 Å². The van der Waals surface area contributed by atoms with Gasteiger partial charge in [-0.25, -0.2) is 4.39 Å². The molecule has 8 heteroatoms. The number of benzene rings is 2. The van der Waals surface area contributed by atoms with E-state index in [2.05, 4.69) is 5.32 Å². The van der Waals surface area contributed by atoms with Gasteiger partial charge in [-0.1, -0.05) is 55.2 Å². The number of hydrogen-bond acceptors (Lipinski definition) is 3. The lowest BCUT2D eigenvalue weighted by molar-refractivity contribution is -0.142. The van der Waals surface area contributed by atoms with E-state index in [0.717, 1.165) is 0 Å². The van der Waals surface area contributed by atoms with E-state index >= 15 is 0 Å². The Bertz CT molecular complexity index is 892. The average molecular weight is 455 g/mol. The third-order valence-electron chi connectivity index (χ3n) is 4.40. The summed E-state index contributed by atoms with van der Waals surface area (Å²) in [5.41, 5.74) is 0.305. The molecule has 0 spiro atoms. The lowest BCUT2D eigenvalue weighted by Crippen LogP contribution is -2.49. The standard InChI is InChI=1S/C22H25Cl2FN2O3/c1-14(2)11-26-22(29)15(3)27(12-16-6-4-5-7-19(16)25)21(28)13-30-20-9-8-17(23)10-18(20)24/h4-10,14-15H,11-13H2,1-3H3,(H,26,29)/t15-/m0/s1. The molecule has 30 heavy (non-hydrogen) atoms. The fourth-order valence-corrected chi connectivity index (χ4v) is 3.12. The summed E-state index contributed by atoms with van der Waals surface area (Å²) in [6.45, 7) is 5.58. The van der Waals surface area contributed by atoms with Crippen molar-refractivity contribution in [3.05, 3.63) is 63.9 Å². The van der Waals surface area contributed by atoms with Crippen LogP contribution in [0.1, 0.15) is 26.3 Å². The van der Waals surface area contributed by atoms with Crippen LogP contribution >= 0.6 is 23.2 Å². The molecule has 0 saturated heterocycles. The maximum Gasteiger partial charge on any atom is 0.261 e. The molecule has 2 aromatic carbocycles. The molecule has 0 radical (unpaired) electrons. The van der Waals surface area contributed by atoms with Gasteiger partial charge in [-0.15, -0.1) is 0 Å². The zero-order chi connectivity index (χ0) is 22.3. The molecule has 2 rings (SSSR count). The molecule has 162 valence electrons. The van der Waals surface area contributed by atoms with Crippen molar-refractivity contribution >= 4 is 35.0 Å². The fourth-order valence-electron chi connectivity index (χ4n) is 2.66. The number of nitrogens with zero attached hydrogens (tertiary/aromatic N) is 1. The van der Waals surface area contributed by atoms with Gasteiger partial charge in [0.2, 0.25) is 5.91 Å². The Morgan fingerprint density at radius 1 is 1.13 bits per heavy atom. The van der Waals surface area contributed by atoms with Crippen LogP contribution in [0.5, 0.6) is 5.75 Å². The van der Waals surface area contributed by atoms with Crippen LogP contribution in [0.25, 0.3) is 0 Å². The molecule has 2 aromatic rings. The normalized spacial score (nSPS) is 11.8. The lowest BCUT2D eigenvalue weighted by atomic mass is 10.1. The van der Waals surface area contributed by atoms with Crippen molar-refractivity contribution in [1.82, 2.24) is 10.2 Å². The van der Waals surface area contributed by atoms with E-state index in [9.17, 15) is 14.0 Å². The minimum atomic E-state index is -0.819. The zero-order valence-corrected chi connectivity index (χ0v) is 18.6. The van der Waals surface area contributed by atoms with Gasteiger partial charge in [-0.2, -0.15) is 0 Å². The summed E-state index contributed by atoms with van der Waals surface area (Å²) in [7, 11) is 0. The number of nitrogens with one attached hydrogen (secondary N) is 1. The number of halogens is 3. The zero-order valence-electron chi connectivity index (χ0n) is 17.1. The van der Waals surface area contributed by atoms with Gasteiger partial charge >= 0.3 is 0 Å². The Hall–Kier alpha value is -2.31. The summed E-state index contributed by atoms with van der Waals surface area (Å²) in [6, 6.07) is 9.95. The first kappa shape index (κ1) is 24.0. The predicted molar refractivity (Wildman–Crippen MR) is 116 cm³/mol. The van der Waals surface area contributed by atoms with Gasteiger partial charge in [0, 0.05) is 23.7 Å². The first-order chi connectivity index (χ1) is 14.2. The number of amides is 2. The summed E-state index contributed by atoms with van der Waals surface area (Å²) >= 11 is 11.9. The predicted octanol–water partition coefficient (Wildman–Crippen LogP) is 4.70. The van der Waals surface area contributed by atoms with Gasteiger partial charge in [-0.05, 0) is 37.1 Å². The second-order valence-corrected chi connectivity index (χ2v) is 8.14. The summed E-state index contributed by atoms with van der Waals surface area (Å²) in [5.74, 6) is -0.703. The van der Waals surface area contributed by atoms with Gasteiger partial charge in [0.1, 0.15) is 17.6 Å². The molecule has 0 aromatic heterocycles. The monoisotopic (exact) mass is 454 g/mol. The van der Waals surface area contributed by atoms with E-state index in [1.807, 2.05) is 13.8 Å². The number of carbonyl (C=O) groups is 2. The molecule has 0 fully saturated rings. The van der Waals surface area contributed by atoms with Crippen LogP contribution < -0.4 is 10.1 Å². The largest absolute Gasteiger partial charge is 0.482 e. The molecule has 0 unspecified atom stereocenters. The summed E-state index contributed by atoms with van der Waals surface area (Å²) in [5, 5.41) is 3.51. The minimum absolute atomic E-state index is 0.0700. The van der Waals surface area contributed by atoms with Crippen molar-refractivity contribution in [3.8, 4) is 5.75 Å². The second kappa shape index (κ2) is 11.2. The van der Waals surface area contributed by atoms with Crippen LogP contribution in [0.4, 0.5) is 4.39 Å². The van der Waals surface area contributed by atoms with Gasteiger partial charge in [0.15, 0.2) is 6.61 Å².